The topological polar surface area (TPSA) is 110 Å². The van der Waals surface area contributed by atoms with Gasteiger partial charge in [-0.15, -0.1) is 0 Å². The second-order valence-corrected chi connectivity index (χ2v) is 13.3. The minimum absolute atomic E-state index is 0.0155. The summed E-state index contributed by atoms with van der Waals surface area (Å²) >= 11 is 0. The molecule has 0 amide bonds. The van der Waals surface area contributed by atoms with Gasteiger partial charge in [-0.05, 0) is 69.3 Å². The van der Waals surface area contributed by atoms with Gasteiger partial charge in [-0.1, -0.05) is 43.7 Å². The molecule has 44 heavy (non-hydrogen) atoms. The predicted molar refractivity (Wildman–Crippen MR) is 163 cm³/mol. The number of cyclic esters (lactones) is 1. The summed E-state index contributed by atoms with van der Waals surface area (Å²) in [7, 11) is 4.93. The number of hydrogen-bond donors (Lipinski definition) is 1. The van der Waals surface area contributed by atoms with Crippen LogP contribution in [0.2, 0.25) is 0 Å². The summed E-state index contributed by atoms with van der Waals surface area (Å²) in [5, 5.41) is 11.0. The number of carbonyl (C=O) groups is 2. The second kappa shape index (κ2) is 14.7. The van der Waals surface area contributed by atoms with Crippen molar-refractivity contribution < 1.29 is 43.1 Å². The van der Waals surface area contributed by atoms with E-state index in [1.54, 1.807) is 21.3 Å². The maximum atomic E-state index is 13.9. The van der Waals surface area contributed by atoms with Crippen LogP contribution in [-0.4, -0.2) is 87.2 Å². The second-order valence-electron chi connectivity index (χ2n) is 13.3. The highest BCUT2D eigenvalue weighted by molar-refractivity contribution is 5.87. The molecule has 0 radical (unpaired) electrons. The van der Waals surface area contributed by atoms with Gasteiger partial charge in [0.15, 0.2) is 6.29 Å². The third-order valence-electron chi connectivity index (χ3n) is 10.7. The molecule has 5 rings (SSSR count). The number of hydrogen-bond acceptors (Lipinski definition) is 9. The lowest BCUT2D eigenvalue weighted by atomic mass is 9.72. The van der Waals surface area contributed by atoms with Gasteiger partial charge in [-0.2, -0.15) is 0 Å². The van der Waals surface area contributed by atoms with Crippen molar-refractivity contribution in [3.8, 4) is 0 Å². The van der Waals surface area contributed by atoms with Crippen LogP contribution in [0, 0.1) is 35.5 Å². The zero-order valence-electron chi connectivity index (χ0n) is 27.1. The lowest BCUT2D eigenvalue weighted by Crippen LogP contribution is -2.59. The summed E-state index contributed by atoms with van der Waals surface area (Å²) in [6.07, 6.45) is 12.0. The van der Waals surface area contributed by atoms with Gasteiger partial charge in [0, 0.05) is 39.1 Å². The van der Waals surface area contributed by atoms with Crippen LogP contribution < -0.4 is 0 Å². The Labute approximate surface area is 262 Å². The van der Waals surface area contributed by atoms with Crippen molar-refractivity contribution in [3.63, 3.8) is 0 Å². The summed E-state index contributed by atoms with van der Waals surface area (Å²) in [4.78, 5) is 27.2. The summed E-state index contributed by atoms with van der Waals surface area (Å²) in [5.74, 6) is -0.956. The fourth-order valence-electron chi connectivity index (χ4n) is 8.35. The molecular weight excluding hydrogens is 564 g/mol. The monoisotopic (exact) mass is 616 g/mol. The first-order valence-corrected chi connectivity index (χ1v) is 16.6. The van der Waals surface area contributed by atoms with Crippen LogP contribution in [-0.2, 0) is 38.0 Å². The first kappa shape index (κ1) is 33.5. The molecule has 1 N–H and O–H groups in total. The van der Waals surface area contributed by atoms with Crippen LogP contribution in [0.4, 0.5) is 0 Å². The highest BCUT2D eigenvalue weighted by Gasteiger charge is 2.52. The standard InChI is InChI=1S/C35H52O9/c1-7-8-10-22-11-9-12-29(36)19(2)31(38)28-17-26-24(27(28)18-30(37)43-22)14-13-21-15-23(16-25(21)26)44-35-34(41-6)33(40-5)32(39-4)20(3)42-35/h8,10,13-14,17,19-25,27-29,32-36H,7,9,11-12,15-16,18H2,1-6H3/t19-,20+,21?,22+,23-,24?,25?,27?,28?,29+,32+,33-,34-,35+/m1/s1. The van der Waals surface area contributed by atoms with Crippen molar-refractivity contribution in [2.45, 2.75) is 115 Å². The maximum absolute atomic E-state index is 13.9. The quantitative estimate of drug-likeness (QED) is 0.325. The molecule has 0 aromatic carbocycles. The normalized spacial score (nSPS) is 44.8. The van der Waals surface area contributed by atoms with E-state index in [1.807, 2.05) is 32.9 Å². The van der Waals surface area contributed by atoms with Gasteiger partial charge < -0.3 is 33.5 Å². The van der Waals surface area contributed by atoms with E-state index in [0.29, 0.717) is 19.3 Å². The van der Waals surface area contributed by atoms with Crippen LogP contribution in [0.25, 0.3) is 0 Å². The highest BCUT2D eigenvalue weighted by atomic mass is 16.7. The Hall–Kier alpha value is -1.88. The fraction of sp³-hybridized carbons (Fsp3) is 0.771. The molecule has 2 aliphatic heterocycles. The van der Waals surface area contributed by atoms with Crippen molar-refractivity contribution >= 4 is 11.8 Å². The van der Waals surface area contributed by atoms with Gasteiger partial charge >= 0.3 is 5.97 Å². The lowest BCUT2D eigenvalue weighted by molar-refractivity contribution is -0.314. The van der Waals surface area contributed by atoms with Crippen LogP contribution in [0.15, 0.2) is 36.0 Å². The van der Waals surface area contributed by atoms with E-state index >= 15 is 0 Å². The van der Waals surface area contributed by atoms with Crippen molar-refractivity contribution in [2.24, 2.45) is 35.5 Å². The SMILES string of the molecule is CCC=C[C@H]1CCC[C@H](O)[C@@H](C)C(=O)C2C=C3C(C=CC4C[C@@H](O[C@@H]5O[C@@H](C)[C@H](OC)[C@@H](OC)[C@H]5OC)CC34)C2CC(=O)O1. The summed E-state index contributed by atoms with van der Waals surface area (Å²) < 4.78 is 36.0. The van der Waals surface area contributed by atoms with E-state index in [2.05, 4.69) is 18.2 Å². The Morgan fingerprint density at radius 2 is 1.73 bits per heavy atom. The Morgan fingerprint density at radius 1 is 0.977 bits per heavy atom. The summed E-state index contributed by atoms with van der Waals surface area (Å²) in [6.45, 7) is 5.84. The smallest absolute Gasteiger partial charge is 0.306 e. The van der Waals surface area contributed by atoms with Gasteiger partial charge in [-0.3, -0.25) is 9.59 Å². The van der Waals surface area contributed by atoms with Gasteiger partial charge in [-0.25, -0.2) is 0 Å². The predicted octanol–water partition coefficient (Wildman–Crippen LogP) is 4.56. The first-order chi connectivity index (χ1) is 21.2. The zero-order chi connectivity index (χ0) is 31.5. The molecule has 0 spiro atoms. The molecule has 1 saturated carbocycles. The van der Waals surface area contributed by atoms with Crippen molar-refractivity contribution in [3.05, 3.63) is 36.0 Å². The van der Waals surface area contributed by atoms with Crippen LogP contribution in [0.3, 0.4) is 0 Å². The molecule has 0 aromatic heterocycles. The number of aliphatic hydroxyl groups is 1. The average molecular weight is 617 g/mol. The van der Waals surface area contributed by atoms with Crippen LogP contribution >= 0.6 is 0 Å². The molecule has 2 saturated heterocycles. The average Bonchev–Trinajstić information content (AvgIpc) is 3.58. The molecule has 9 heteroatoms. The summed E-state index contributed by atoms with van der Waals surface area (Å²) in [5.41, 5.74) is 1.22. The minimum Gasteiger partial charge on any atom is -0.458 e. The van der Waals surface area contributed by atoms with E-state index < -0.39 is 30.3 Å². The number of ketones is 1. The number of aliphatic hydroxyl groups excluding tert-OH is 1. The molecular formula is C35H52O9. The molecule has 0 bridgehead atoms. The first-order valence-electron chi connectivity index (χ1n) is 16.6. The minimum atomic E-state index is -0.720. The molecule has 2 heterocycles. The third-order valence-corrected chi connectivity index (χ3v) is 10.7. The molecule has 14 atom stereocenters. The Morgan fingerprint density at radius 3 is 2.43 bits per heavy atom. The number of rotatable bonds is 7. The van der Waals surface area contributed by atoms with Gasteiger partial charge in [0.05, 0.1) is 24.7 Å². The molecule has 3 aliphatic carbocycles. The van der Waals surface area contributed by atoms with Gasteiger partial charge in [0.2, 0.25) is 0 Å². The number of Topliss-reactive ketones (excluding diaryl/α,β-unsaturated/α-hetero) is 1. The number of esters is 1. The summed E-state index contributed by atoms with van der Waals surface area (Å²) in [6, 6.07) is 0. The number of methoxy groups -OCH3 is 3. The van der Waals surface area contributed by atoms with Crippen molar-refractivity contribution in [2.75, 3.05) is 21.3 Å². The van der Waals surface area contributed by atoms with Crippen LogP contribution in [0.5, 0.6) is 0 Å². The number of ether oxygens (including phenoxy) is 6. The van der Waals surface area contributed by atoms with Crippen molar-refractivity contribution in [1.29, 1.82) is 0 Å². The Kier molecular flexibility index (Phi) is 11.2. The number of fused-ring (bicyclic) bond motifs is 5. The van der Waals surface area contributed by atoms with E-state index in [0.717, 1.165) is 19.3 Å². The van der Waals surface area contributed by atoms with E-state index in [1.165, 1.54) is 5.57 Å². The lowest BCUT2D eigenvalue weighted by Gasteiger charge is -2.44. The van der Waals surface area contributed by atoms with Gasteiger partial charge in [0.25, 0.3) is 0 Å². The number of allylic oxidation sites excluding steroid dienone is 5. The fourth-order valence-corrected chi connectivity index (χ4v) is 8.35. The molecule has 9 nitrogen and oxygen atoms in total. The number of carbonyl (C=O) groups excluding carboxylic acids is 2. The zero-order valence-corrected chi connectivity index (χ0v) is 27.1. The van der Waals surface area contributed by atoms with E-state index in [-0.39, 0.29) is 72.4 Å². The van der Waals surface area contributed by atoms with E-state index in [4.69, 9.17) is 28.4 Å². The molecule has 246 valence electrons. The molecule has 5 unspecified atom stereocenters. The van der Waals surface area contributed by atoms with E-state index in [9.17, 15) is 14.7 Å². The van der Waals surface area contributed by atoms with Crippen molar-refractivity contribution in [1.82, 2.24) is 0 Å². The third kappa shape index (κ3) is 6.79. The highest BCUT2D eigenvalue weighted by Crippen LogP contribution is 2.54. The van der Waals surface area contributed by atoms with Gasteiger partial charge in [0.1, 0.15) is 30.2 Å². The maximum Gasteiger partial charge on any atom is 0.306 e. The molecule has 0 aromatic rings. The molecule has 5 aliphatic rings. The Balaban J connectivity index is 1.34. The van der Waals surface area contributed by atoms with Crippen LogP contribution in [0.1, 0.15) is 65.7 Å². The largest absolute Gasteiger partial charge is 0.458 e. The molecule has 3 fully saturated rings. The Bertz CT molecular complexity index is 1100.